The van der Waals surface area contributed by atoms with Crippen molar-refractivity contribution in [3.63, 3.8) is 0 Å². The van der Waals surface area contributed by atoms with E-state index < -0.39 is 0 Å². The van der Waals surface area contributed by atoms with Crippen LogP contribution in [-0.2, 0) is 6.54 Å². The van der Waals surface area contributed by atoms with E-state index in [-0.39, 0.29) is 5.56 Å². The average Bonchev–Trinajstić information content (AvgIpc) is 2.40. The van der Waals surface area contributed by atoms with E-state index in [1.807, 2.05) is 24.3 Å². The number of benzene rings is 1. The van der Waals surface area contributed by atoms with Gasteiger partial charge in [-0.2, -0.15) is 0 Å². The maximum absolute atomic E-state index is 11.4. The van der Waals surface area contributed by atoms with Crippen LogP contribution in [0, 0.1) is 6.92 Å². The first-order chi connectivity index (χ1) is 8.70. The molecule has 2 aromatic rings. The molecule has 2 rings (SSSR count). The third-order valence-corrected chi connectivity index (χ3v) is 2.50. The molecule has 0 radical (unpaired) electrons. The molecule has 18 heavy (non-hydrogen) atoms. The maximum atomic E-state index is 11.4. The summed E-state index contributed by atoms with van der Waals surface area (Å²) in [7, 11) is 1.62. The highest BCUT2D eigenvalue weighted by Crippen LogP contribution is 2.17. The molecule has 0 aliphatic carbocycles. The third-order valence-electron chi connectivity index (χ3n) is 2.50. The summed E-state index contributed by atoms with van der Waals surface area (Å²) in [6.07, 6.45) is 0. The van der Waals surface area contributed by atoms with E-state index in [4.69, 9.17) is 4.74 Å². The Bertz CT molecular complexity index is 595. The van der Waals surface area contributed by atoms with Gasteiger partial charge in [0.25, 0.3) is 5.56 Å². The van der Waals surface area contributed by atoms with Crippen molar-refractivity contribution in [1.82, 2.24) is 15.2 Å². The Morgan fingerprint density at radius 1 is 1.33 bits per heavy atom. The van der Waals surface area contributed by atoms with Crippen LogP contribution in [0.5, 0.6) is 5.75 Å². The van der Waals surface area contributed by atoms with E-state index in [9.17, 15) is 4.79 Å². The predicted molar refractivity (Wildman–Crippen MR) is 67.7 cm³/mol. The monoisotopic (exact) mass is 246 g/mol. The lowest BCUT2D eigenvalue weighted by Gasteiger charge is -2.09. The second-order valence-electron chi connectivity index (χ2n) is 3.75. The zero-order valence-electron chi connectivity index (χ0n) is 10.2. The molecular formula is C12H14N4O2. The highest BCUT2D eigenvalue weighted by atomic mass is 16.5. The third kappa shape index (κ3) is 2.65. The molecule has 0 unspecified atom stereocenters. The van der Waals surface area contributed by atoms with E-state index in [0.29, 0.717) is 18.2 Å². The molecule has 0 saturated carbocycles. The Morgan fingerprint density at radius 2 is 2.11 bits per heavy atom. The summed E-state index contributed by atoms with van der Waals surface area (Å²) in [6.45, 7) is 2.10. The fraction of sp³-hybridized carbons (Fsp3) is 0.250. The SMILES string of the molecule is COc1ccccc1CNc1nnc(C)c(=O)[nH]1. The number of ether oxygens (including phenoxy) is 1. The van der Waals surface area contributed by atoms with Crippen molar-refractivity contribution in [3.8, 4) is 5.75 Å². The number of anilines is 1. The summed E-state index contributed by atoms with van der Waals surface area (Å²) in [5.74, 6) is 1.13. The van der Waals surface area contributed by atoms with E-state index >= 15 is 0 Å². The van der Waals surface area contributed by atoms with Gasteiger partial charge in [-0.05, 0) is 13.0 Å². The van der Waals surface area contributed by atoms with Gasteiger partial charge in [-0.1, -0.05) is 18.2 Å². The number of aryl methyl sites for hydroxylation is 1. The van der Waals surface area contributed by atoms with Gasteiger partial charge in [0.15, 0.2) is 0 Å². The van der Waals surface area contributed by atoms with Gasteiger partial charge < -0.3 is 10.1 Å². The highest BCUT2D eigenvalue weighted by Gasteiger charge is 2.03. The van der Waals surface area contributed by atoms with E-state index in [1.54, 1.807) is 14.0 Å². The van der Waals surface area contributed by atoms with E-state index in [2.05, 4.69) is 20.5 Å². The topological polar surface area (TPSA) is 79.9 Å². The smallest absolute Gasteiger partial charge is 0.273 e. The van der Waals surface area contributed by atoms with Crippen LogP contribution in [0.4, 0.5) is 5.95 Å². The van der Waals surface area contributed by atoms with Crippen LogP contribution in [0.25, 0.3) is 0 Å². The summed E-state index contributed by atoms with van der Waals surface area (Å²) in [5, 5.41) is 10.6. The van der Waals surface area contributed by atoms with Gasteiger partial charge in [0.2, 0.25) is 5.95 Å². The Hall–Kier alpha value is -2.37. The van der Waals surface area contributed by atoms with Crippen LogP contribution in [-0.4, -0.2) is 22.3 Å². The van der Waals surface area contributed by atoms with Gasteiger partial charge in [-0.3, -0.25) is 9.78 Å². The number of rotatable bonds is 4. The number of H-pyrrole nitrogens is 1. The molecule has 0 aliphatic heterocycles. The Morgan fingerprint density at radius 3 is 2.83 bits per heavy atom. The lowest BCUT2D eigenvalue weighted by atomic mass is 10.2. The summed E-state index contributed by atoms with van der Waals surface area (Å²) in [4.78, 5) is 14.0. The Labute approximate surface area is 104 Å². The summed E-state index contributed by atoms with van der Waals surface area (Å²) in [5.41, 5.74) is 1.08. The lowest BCUT2D eigenvalue weighted by molar-refractivity contribution is 0.410. The van der Waals surface area contributed by atoms with Crippen molar-refractivity contribution in [2.45, 2.75) is 13.5 Å². The minimum Gasteiger partial charge on any atom is -0.496 e. The van der Waals surface area contributed by atoms with Crippen LogP contribution in [0.1, 0.15) is 11.3 Å². The van der Waals surface area contributed by atoms with Crippen molar-refractivity contribution >= 4 is 5.95 Å². The standard InChI is InChI=1S/C12H14N4O2/c1-8-11(17)14-12(16-15-8)13-7-9-5-3-4-6-10(9)18-2/h3-6H,7H2,1-2H3,(H2,13,14,16,17). The molecule has 1 heterocycles. The normalized spacial score (nSPS) is 10.1. The predicted octanol–water partition coefficient (Wildman–Crippen LogP) is 1.09. The fourth-order valence-corrected chi connectivity index (χ4v) is 1.50. The largest absolute Gasteiger partial charge is 0.496 e. The van der Waals surface area contributed by atoms with Crippen molar-refractivity contribution < 1.29 is 4.74 Å². The van der Waals surface area contributed by atoms with Crippen LogP contribution in [0.15, 0.2) is 29.1 Å². The quantitative estimate of drug-likeness (QED) is 0.844. The molecule has 0 bridgehead atoms. The molecule has 6 nitrogen and oxygen atoms in total. The molecule has 0 spiro atoms. The number of nitrogens with one attached hydrogen (secondary N) is 2. The first-order valence-electron chi connectivity index (χ1n) is 5.50. The molecule has 2 N–H and O–H groups in total. The number of methoxy groups -OCH3 is 1. The molecule has 0 aliphatic rings. The number of hydrogen-bond donors (Lipinski definition) is 2. The number of nitrogens with zero attached hydrogens (tertiary/aromatic N) is 2. The summed E-state index contributed by atoms with van der Waals surface area (Å²) < 4.78 is 5.23. The molecule has 0 atom stereocenters. The summed E-state index contributed by atoms with van der Waals surface area (Å²) >= 11 is 0. The van der Waals surface area contributed by atoms with Crippen molar-refractivity contribution in [1.29, 1.82) is 0 Å². The molecule has 0 amide bonds. The first kappa shape index (κ1) is 12.1. The fourth-order valence-electron chi connectivity index (χ4n) is 1.50. The molecular weight excluding hydrogens is 232 g/mol. The summed E-state index contributed by atoms with van der Waals surface area (Å²) in [6, 6.07) is 7.63. The number of hydrogen-bond acceptors (Lipinski definition) is 5. The lowest BCUT2D eigenvalue weighted by Crippen LogP contribution is -2.17. The Balaban J connectivity index is 2.11. The van der Waals surface area contributed by atoms with Gasteiger partial charge in [0.1, 0.15) is 11.4 Å². The molecule has 1 aromatic carbocycles. The van der Waals surface area contributed by atoms with Gasteiger partial charge in [-0.25, -0.2) is 0 Å². The number of aromatic amines is 1. The number of aromatic nitrogens is 3. The zero-order chi connectivity index (χ0) is 13.0. The van der Waals surface area contributed by atoms with Gasteiger partial charge in [0.05, 0.1) is 7.11 Å². The van der Waals surface area contributed by atoms with Gasteiger partial charge in [-0.15, -0.1) is 10.2 Å². The number of para-hydroxylation sites is 1. The van der Waals surface area contributed by atoms with Gasteiger partial charge in [0, 0.05) is 12.1 Å². The minimum absolute atomic E-state index is 0.243. The molecule has 94 valence electrons. The molecule has 0 fully saturated rings. The molecule has 6 heteroatoms. The van der Waals surface area contributed by atoms with Crippen molar-refractivity contribution in [2.24, 2.45) is 0 Å². The van der Waals surface area contributed by atoms with E-state index in [1.165, 1.54) is 0 Å². The Kier molecular flexibility index (Phi) is 3.57. The second kappa shape index (κ2) is 5.31. The van der Waals surface area contributed by atoms with Crippen molar-refractivity contribution in [2.75, 3.05) is 12.4 Å². The van der Waals surface area contributed by atoms with Crippen molar-refractivity contribution in [3.05, 3.63) is 45.9 Å². The van der Waals surface area contributed by atoms with Crippen LogP contribution < -0.4 is 15.6 Å². The molecule has 0 saturated heterocycles. The van der Waals surface area contributed by atoms with Gasteiger partial charge >= 0.3 is 0 Å². The van der Waals surface area contributed by atoms with E-state index in [0.717, 1.165) is 11.3 Å². The maximum Gasteiger partial charge on any atom is 0.273 e. The van der Waals surface area contributed by atoms with Crippen LogP contribution in [0.3, 0.4) is 0 Å². The van der Waals surface area contributed by atoms with Crippen LogP contribution >= 0.6 is 0 Å². The molecule has 1 aromatic heterocycles. The minimum atomic E-state index is -0.243. The second-order valence-corrected chi connectivity index (χ2v) is 3.75. The zero-order valence-corrected chi connectivity index (χ0v) is 10.2. The highest BCUT2D eigenvalue weighted by molar-refractivity contribution is 5.36. The van der Waals surface area contributed by atoms with Crippen LogP contribution in [0.2, 0.25) is 0 Å². The average molecular weight is 246 g/mol. The first-order valence-corrected chi connectivity index (χ1v) is 5.50.